The van der Waals surface area contributed by atoms with Gasteiger partial charge >= 0.3 is 5.97 Å². The topological polar surface area (TPSA) is 115 Å². The van der Waals surface area contributed by atoms with E-state index in [-0.39, 0.29) is 10.8 Å². The van der Waals surface area contributed by atoms with Crippen molar-refractivity contribution < 1.29 is 9.90 Å². The Labute approximate surface area is 160 Å². The molecule has 3 heterocycles. The highest BCUT2D eigenvalue weighted by atomic mass is 32.1. The molecule has 3 aromatic heterocycles. The molecule has 3 rings (SSSR count). The van der Waals surface area contributed by atoms with Crippen molar-refractivity contribution in [1.82, 2.24) is 29.3 Å². The zero-order valence-corrected chi connectivity index (χ0v) is 16.0. The fraction of sp³-hybridized carbons (Fsp3) is 0.312. The van der Waals surface area contributed by atoms with Gasteiger partial charge in [0.05, 0.1) is 36.5 Å². The van der Waals surface area contributed by atoms with Gasteiger partial charge in [-0.05, 0) is 26.1 Å². The zero-order chi connectivity index (χ0) is 19.6. The quantitative estimate of drug-likeness (QED) is 0.547. The van der Waals surface area contributed by atoms with Crippen LogP contribution in [-0.4, -0.2) is 45.5 Å². The van der Waals surface area contributed by atoms with Gasteiger partial charge in [0.1, 0.15) is 0 Å². The molecular weight excluding hydrogens is 368 g/mol. The van der Waals surface area contributed by atoms with Crippen LogP contribution < -0.4 is 10.6 Å². The predicted octanol–water partition coefficient (Wildman–Crippen LogP) is 1.70. The minimum atomic E-state index is -1.09. The van der Waals surface area contributed by atoms with Crippen molar-refractivity contribution in [2.24, 2.45) is 7.05 Å². The molecule has 3 aromatic rings. The molecule has 0 atom stereocenters. The van der Waals surface area contributed by atoms with Crippen LogP contribution in [0, 0.1) is 6.92 Å². The van der Waals surface area contributed by atoms with E-state index in [1.807, 2.05) is 30.9 Å². The number of carboxylic acid groups (broad SMARTS) is 1. The van der Waals surface area contributed by atoms with E-state index in [1.54, 1.807) is 17.9 Å². The van der Waals surface area contributed by atoms with Gasteiger partial charge in [0.15, 0.2) is 10.8 Å². The standard InChI is InChI=1S/C16H20N8O2S/c1-4-24-10(2)11(5-19-24)8-23-9-12(6-18-23)20-16(27)21-13-7-17-22(3)14(13)15(25)26/h5-7,9H,4,8H2,1-3H3,(H,25,26)(H2,20,21,27). The molecule has 11 heteroatoms. The third-order valence-electron chi connectivity index (χ3n) is 4.12. The lowest BCUT2D eigenvalue weighted by Gasteiger charge is -2.08. The molecule has 142 valence electrons. The van der Waals surface area contributed by atoms with Crippen molar-refractivity contribution in [2.75, 3.05) is 10.6 Å². The Balaban J connectivity index is 1.64. The number of thiocarbonyl (C=S) groups is 1. The number of nitrogens with zero attached hydrogens (tertiary/aromatic N) is 6. The predicted molar refractivity (Wildman–Crippen MR) is 104 cm³/mol. The molecule has 0 aliphatic rings. The van der Waals surface area contributed by atoms with Gasteiger partial charge in [-0.15, -0.1) is 0 Å². The number of nitrogens with one attached hydrogen (secondary N) is 2. The first-order valence-electron chi connectivity index (χ1n) is 8.26. The van der Waals surface area contributed by atoms with Crippen molar-refractivity contribution in [3.8, 4) is 0 Å². The van der Waals surface area contributed by atoms with Gasteiger partial charge < -0.3 is 15.7 Å². The highest BCUT2D eigenvalue weighted by Gasteiger charge is 2.16. The molecule has 0 aliphatic heterocycles. The molecule has 0 unspecified atom stereocenters. The largest absolute Gasteiger partial charge is 0.476 e. The molecular formula is C16H20N8O2S. The number of aromatic carboxylic acids is 1. The SMILES string of the molecule is CCn1ncc(Cn2cc(NC(=S)Nc3cnn(C)c3C(=O)O)cn2)c1C. The second kappa shape index (κ2) is 7.58. The van der Waals surface area contributed by atoms with E-state index < -0.39 is 5.97 Å². The van der Waals surface area contributed by atoms with Crippen LogP contribution in [0.1, 0.15) is 28.7 Å². The lowest BCUT2D eigenvalue weighted by Crippen LogP contribution is -2.20. The van der Waals surface area contributed by atoms with Crippen molar-refractivity contribution in [2.45, 2.75) is 26.9 Å². The first kappa shape index (κ1) is 18.6. The molecule has 3 N–H and O–H groups in total. The van der Waals surface area contributed by atoms with Crippen molar-refractivity contribution >= 4 is 34.7 Å². The molecule has 0 spiro atoms. The molecule has 0 amide bonds. The van der Waals surface area contributed by atoms with Crippen LogP contribution in [0.2, 0.25) is 0 Å². The van der Waals surface area contributed by atoms with Crippen LogP contribution in [0.3, 0.4) is 0 Å². The molecule has 0 saturated heterocycles. The summed E-state index contributed by atoms with van der Waals surface area (Å²) in [6.07, 6.45) is 6.72. The molecule has 0 bridgehead atoms. The van der Waals surface area contributed by atoms with E-state index in [0.29, 0.717) is 17.9 Å². The molecule has 0 aromatic carbocycles. The van der Waals surface area contributed by atoms with Gasteiger partial charge in [-0.3, -0.25) is 14.0 Å². The van der Waals surface area contributed by atoms with Gasteiger partial charge in [-0.1, -0.05) is 0 Å². The molecule has 0 fully saturated rings. The average Bonchev–Trinajstić information content (AvgIpc) is 3.29. The molecule has 10 nitrogen and oxygen atoms in total. The summed E-state index contributed by atoms with van der Waals surface area (Å²) in [4.78, 5) is 11.3. The number of anilines is 2. The smallest absolute Gasteiger partial charge is 0.356 e. The normalized spacial score (nSPS) is 10.8. The van der Waals surface area contributed by atoms with Crippen molar-refractivity contribution in [3.05, 3.63) is 41.7 Å². The summed E-state index contributed by atoms with van der Waals surface area (Å²) in [7, 11) is 1.55. The monoisotopic (exact) mass is 388 g/mol. The van der Waals surface area contributed by atoms with Gasteiger partial charge in [0.25, 0.3) is 0 Å². The van der Waals surface area contributed by atoms with Crippen LogP contribution in [0.25, 0.3) is 0 Å². The Morgan fingerprint density at radius 1 is 1.22 bits per heavy atom. The fourth-order valence-electron chi connectivity index (χ4n) is 2.72. The van der Waals surface area contributed by atoms with Crippen LogP contribution in [0.15, 0.2) is 24.8 Å². The molecule has 0 saturated carbocycles. The lowest BCUT2D eigenvalue weighted by molar-refractivity contribution is 0.0686. The Morgan fingerprint density at radius 2 is 2.00 bits per heavy atom. The number of carboxylic acids is 1. The fourth-order valence-corrected chi connectivity index (χ4v) is 2.94. The number of hydrogen-bond donors (Lipinski definition) is 3. The van der Waals surface area contributed by atoms with Gasteiger partial charge in [0.2, 0.25) is 0 Å². The first-order chi connectivity index (χ1) is 12.9. The third kappa shape index (κ3) is 3.97. The summed E-state index contributed by atoms with van der Waals surface area (Å²) in [5.41, 5.74) is 3.23. The Morgan fingerprint density at radius 3 is 2.67 bits per heavy atom. The van der Waals surface area contributed by atoms with Crippen LogP contribution in [-0.2, 0) is 20.1 Å². The summed E-state index contributed by atoms with van der Waals surface area (Å²) >= 11 is 5.25. The summed E-state index contributed by atoms with van der Waals surface area (Å²) in [5.74, 6) is -1.09. The van der Waals surface area contributed by atoms with Crippen molar-refractivity contribution in [1.29, 1.82) is 0 Å². The van der Waals surface area contributed by atoms with Crippen LogP contribution in [0.5, 0.6) is 0 Å². The maximum absolute atomic E-state index is 11.3. The number of aromatic nitrogens is 6. The zero-order valence-electron chi connectivity index (χ0n) is 15.2. The maximum atomic E-state index is 11.3. The minimum absolute atomic E-state index is 0.0262. The third-order valence-corrected chi connectivity index (χ3v) is 4.32. The molecule has 0 radical (unpaired) electrons. The van der Waals surface area contributed by atoms with E-state index in [0.717, 1.165) is 17.8 Å². The average molecular weight is 388 g/mol. The Hall–Kier alpha value is -3.21. The number of rotatable bonds is 6. The summed E-state index contributed by atoms with van der Waals surface area (Å²) in [6, 6.07) is 0. The Bertz CT molecular complexity index is 987. The highest BCUT2D eigenvalue weighted by Crippen LogP contribution is 2.15. The van der Waals surface area contributed by atoms with E-state index in [1.165, 1.54) is 10.9 Å². The summed E-state index contributed by atoms with van der Waals surface area (Å²) < 4.78 is 4.98. The Kier molecular flexibility index (Phi) is 5.21. The van der Waals surface area contributed by atoms with Crippen LogP contribution in [0.4, 0.5) is 11.4 Å². The van der Waals surface area contributed by atoms with Gasteiger partial charge in [-0.25, -0.2) is 4.79 Å². The second-order valence-electron chi connectivity index (χ2n) is 5.91. The van der Waals surface area contributed by atoms with E-state index in [4.69, 9.17) is 12.2 Å². The molecule has 27 heavy (non-hydrogen) atoms. The van der Waals surface area contributed by atoms with Crippen molar-refractivity contribution in [3.63, 3.8) is 0 Å². The minimum Gasteiger partial charge on any atom is -0.476 e. The first-order valence-corrected chi connectivity index (χ1v) is 8.67. The highest BCUT2D eigenvalue weighted by molar-refractivity contribution is 7.80. The maximum Gasteiger partial charge on any atom is 0.356 e. The summed E-state index contributed by atoms with van der Waals surface area (Å²) in [6.45, 7) is 5.50. The van der Waals surface area contributed by atoms with Crippen LogP contribution >= 0.6 is 12.2 Å². The number of hydrogen-bond acceptors (Lipinski definition) is 5. The van der Waals surface area contributed by atoms with Gasteiger partial charge in [0, 0.05) is 31.0 Å². The lowest BCUT2D eigenvalue weighted by atomic mass is 10.2. The van der Waals surface area contributed by atoms with Gasteiger partial charge in [-0.2, -0.15) is 15.3 Å². The molecule has 0 aliphatic carbocycles. The van der Waals surface area contributed by atoms with E-state index >= 15 is 0 Å². The second-order valence-corrected chi connectivity index (χ2v) is 6.32. The van der Waals surface area contributed by atoms with E-state index in [2.05, 4.69) is 25.9 Å². The number of aryl methyl sites for hydroxylation is 2. The summed E-state index contributed by atoms with van der Waals surface area (Å²) in [5, 5.41) is 27.9. The number of carbonyl (C=O) groups is 1. The van der Waals surface area contributed by atoms with E-state index in [9.17, 15) is 9.90 Å².